The zero-order valence-electron chi connectivity index (χ0n) is 28.2. The minimum atomic E-state index is -2.61. The largest absolute Gasteiger partial charge is 0.493 e. The topological polar surface area (TPSA) is 111 Å². The molecule has 46 heavy (non-hydrogen) atoms. The molecule has 1 saturated heterocycles. The molecule has 1 heterocycles. The monoisotopic (exact) mass is 636 g/mol. The van der Waals surface area contributed by atoms with E-state index in [1.807, 2.05) is 54.6 Å². The lowest BCUT2D eigenvalue weighted by atomic mass is 10.1. The minimum Gasteiger partial charge on any atom is -0.493 e. The molecule has 4 aromatic carbocycles. The second kappa shape index (κ2) is 15.2. The molecule has 234 valence electrons. The number of nitrogens with one attached hydrogen (secondary N) is 1. The first-order valence-electron chi connectivity index (χ1n) is 16.3. The van der Waals surface area contributed by atoms with Crippen molar-refractivity contribution in [2.45, 2.75) is 30.4 Å². The molecule has 5 rings (SSSR count). The van der Waals surface area contributed by atoms with Crippen LogP contribution in [0.15, 0.2) is 97.1 Å². The molecule has 0 aliphatic carbocycles. The van der Waals surface area contributed by atoms with Crippen LogP contribution in [0, 0.1) is 11.8 Å². The van der Waals surface area contributed by atoms with Gasteiger partial charge < -0.3 is 20.5 Å². The number of nitrogens with zero attached hydrogens (tertiary/aromatic N) is 1. The quantitative estimate of drug-likeness (QED) is 0.211. The van der Waals surface area contributed by atoms with Crippen molar-refractivity contribution >= 4 is 35.2 Å². The number of benzene rings is 4. The molecule has 1 aliphatic rings. The van der Waals surface area contributed by atoms with Crippen molar-refractivity contribution in [3.05, 3.63) is 125 Å². The fraction of sp³-hybridized carbons (Fsp3) is 0.216. The molecule has 4 aromatic rings. The number of thioether (sulfide) groups is 1. The standard InChI is InChI=1S/C37H35N3O5S/c1-3-45-32-22-27(16-19-31(32)44-2)20-21-39-34(41)24-33-36(43)40(30-11-7-10-29(23-30)35(38)42)37(46-33)28-17-14-26(15-18-28)13-12-25-8-5-4-6-9-25/h4-11,14-19,22-23,33,37H,3,20-21,24H2,1-2H3,(H2,38,42)(H,39,41)/t33-,37+/m1/s1/i2D3. The van der Waals surface area contributed by atoms with E-state index in [2.05, 4.69) is 17.2 Å². The Balaban J connectivity index is 1.28. The summed E-state index contributed by atoms with van der Waals surface area (Å²) < 4.78 is 32.7. The highest BCUT2D eigenvalue weighted by molar-refractivity contribution is 8.01. The zero-order chi connectivity index (χ0) is 35.0. The Morgan fingerprint density at radius 3 is 2.43 bits per heavy atom. The highest BCUT2D eigenvalue weighted by Crippen LogP contribution is 2.46. The number of primary amides is 1. The van der Waals surface area contributed by atoms with Gasteiger partial charge in [-0.15, -0.1) is 11.8 Å². The van der Waals surface area contributed by atoms with Crippen LogP contribution in [-0.4, -0.2) is 43.2 Å². The highest BCUT2D eigenvalue weighted by Gasteiger charge is 2.42. The van der Waals surface area contributed by atoms with E-state index in [1.165, 1.54) is 17.8 Å². The molecule has 0 unspecified atom stereocenters. The van der Waals surface area contributed by atoms with Gasteiger partial charge in [0.2, 0.25) is 17.7 Å². The highest BCUT2D eigenvalue weighted by atomic mass is 32.2. The summed E-state index contributed by atoms with van der Waals surface area (Å²) in [6.07, 6.45) is 0.391. The van der Waals surface area contributed by atoms with Crippen molar-refractivity contribution in [2.24, 2.45) is 5.73 Å². The summed E-state index contributed by atoms with van der Waals surface area (Å²) in [7, 11) is -2.61. The van der Waals surface area contributed by atoms with Crippen LogP contribution in [-0.2, 0) is 16.0 Å². The minimum absolute atomic E-state index is 0.0534. The van der Waals surface area contributed by atoms with E-state index >= 15 is 0 Å². The first-order chi connectivity index (χ1) is 23.5. The second-order valence-electron chi connectivity index (χ2n) is 10.5. The van der Waals surface area contributed by atoms with E-state index in [4.69, 9.17) is 19.3 Å². The van der Waals surface area contributed by atoms with Gasteiger partial charge in [-0.1, -0.05) is 54.3 Å². The Kier molecular flexibility index (Phi) is 9.34. The van der Waals surface area contributed by atoms with Crippen molar-refractivity contribution in [2.75, 3.05) is 25.1 Å². The van der Waals surface area contributed by atoms with Crippen LogP contribution in [0.4, 0.5) is 5.69 Å². The van der Waals surface area contributed by atoms with Crippen LogP contribution in [0.2, 0.25) is 0 Å². The molecule has 0 saturated carbocycles. The second-order valence-corrected chi connectivity index (χ2v) is 11.7. The number of carbonyl (C=O) groups excluding carboxylic acids is 3. The van der Waals surface area contributed by atoms with E-state index < -0.39 is 23.6 Å². The number of nitrogens with two attached hydrogens (primary N) is 1. The summed E-state index contributed by atoms with van der Waals surface area (Å²) in [6.45, 7) is 2.39. The van der Waals surface area contributed by atoms with Gasteiger partial charge in [0.05, 0.1) is 23.0 Å². The lowest BCUT2D eigenvalue weighted by Gasteiger charge is -2.24. The van der Waals surface area contributed by atoms with Gasteiger partial charge in [0.1, 0.15) is 5.37 Å². The van der Waals surface area contributed by atoms with Crippen molar-refractivity contribution in [3.63, 3.8) is 0 Å². The third-order valence-corrected chi connectivity index (χ3v) is 8.73. The maximum Gasteiger partial charge on any atom is 0.248 e. The average molecular weight is 637 g/mol. The van der Waals surface area contributed by atoms with Gasteiger partial charge in [0.15, 0.2) is 11.5 Å². The first-order valence-corrected chi connectivity index (χ1v) is 15.7. The molecule has 0 bridgehead atoms. The summed E-state index contributed by atoms with van der Waals surface area (Å²) in [5, 5.41) is 1.75. The molecule has 0 radical (unpaired) electrons. The van der Waals surface area contributed by atoms with Crippen LogP contribution < -0.4 is 25.4 Å². The molecule has 1 fully saturated rings. The van der Waals surface area contributed by atoms with Gasteiger partial charge >= 0.3 is 0 Å². The molecule has 0 aromatic heterocycles. The van der Waals surface area contributed by atoms with E-state index in [0.29, 0.717) is 24.5 Å². The van der Waals surface area contributed by atoms with Crippen LogP contribution in [0.25, 0.3) is 0 Å². The van der Waals surface area contributed by atoms with Crippen LogP contribution in [0.3, 0.4) is 0 Å². The van der Waals surface area contributed by atoms with Gasteiger partial charge in [-0.3, -0.25) is 19.3 Å². The maximum atomic E-state index is 13.9. The number of hydrogen-bond donors (Lipinski definition) is 2. The molecule has 0 spiro atoms. The molecule has 3 amide bonds. The number of anilines is 1. The normalized spacial score (nSPS) is 16.8. The lowest BCUT2D eigenvalue weighted by Crippen LogP contribution is -2.34. The predicted molar refractivity (Wildman–Crippen MR) is 181 cm³/mol. The molecular formula is C37H35N3O5S. The van der Waals surface area contributed by atoms with Gasteiger partial charge in [-0.25, -0.2) is 0 Å². The van der Waals surface area contributed by atoms with Crippen molar-refractivity contribution < 1.29 is 28.0 Å². The van der Waals surface area contributed by atoms with Gasteiger partial charge in [0, 0.05) is 35.3 Å². The maximum absolute atomic E-state index is 13.9. The number of amides is 3. The number of hydrogen-bond acceptors (Lipinski definition) is 6. The number of carbonyl (C=O) groups is 3. The fourth-order valence-corrected chi connectivity index (χ4v) is 6.47. The van der Waals surface area contributed by atoms with Gasteiger partial charge in [-0.05, 0) is 79.1 Å². The Morgan fingerprint density at radius 1 is 0.957 bits per heavy atom. The van der Waals surface area contributed by atoms with Crippen LogP contribution in [0.1, 0.15) is 55.4 Å². The molecular weight excluding hydrogens is 598 g/mol. The Labute approximate surface area is 277 Å². The number of ether oxygens (including phenoxy) is 2. The molecule has 1 aliphatic heterocycles. The summed E-state index contributed by atoms with van der Waals surface area (Å²) in [5.41, 5.74) is 9.68. The van der Waals surface area contributed by atoms with Crippen molar-refractivity contribution in [3.8, 4) is 23.3 Å². The van der Waals surface area contributed by atoms with E-state index in [0.717, 1.165) is 22.3 Å². The third kappa shape index (κ3) is 7.89. The molecule has 8 nitrogen and oxygen atoms in total. The van der Waals surface area contributed by atoms with E-state index in [9.17, 15) is 14.4 Å². The zero-order valence-corrected chi connectivity index (χ0v) is 26.0. The first kappa shape index (κ1) is 28.3. The smallest absolute Gasteiger partial charge is 0.248 e. The number of rotatable bonds is 11. The summed E-state index contributed by atoms with van der Waals surface area (Å²) >= 11 is 1.36. The van der Waals surface area contributed by atoms with Crippen molar-refractivity contribution in [1.82, 2.24) is 5.32 Å². The Morgan fingerprint density at radius 2 is 1.72 bits per heavy atom. The Hall–Kier alpha value is -5.20. The molecule has 3 N–H and O–H groups in total. The average Bonchev–Trinajstić information content (AvgIpc) is 3.40. The van der Waals surface area contributed by atoms with E-state index in [-0.39, 0.29) is 36.1 Å². The molecule has 9 heteroatoms. The van der Waals surface area contributed by atoms with Crippen LogP contribution in [0.5, 0.6) is 11.5 Å². The lowest BCUT2D eigenvalue weighted by molar-refractivity contribution is -0.124. The summed E-state index contributed by atoms with van der Waals surface area (Å²) in [5.74, 6) is 5.56. The third-order valence-electron chi connectivity index (χ3n) is 7.29. The SMILES string of the molecule is [2H]C([2H])([2H])Oc1ccc(CCNC(=O)C[C@H]2S[C@@H](c3ccc(C#Cc4ccccc4)cc3)N(c3cccc(C(N)=O)c3)C2=O)cc1OCC. The van der Waals surface area contributed by atoms with Crippen LogP contribution >= 0.6 is 11.8 Å². The Bertz CT molecular complexity index is 1870. The summed E-state index contributed by atoms with van der Waals surface area (Å²) in [6, 6.07) is 28.8. The summed E-state index contributed by atoms with van der Waals surface area (Å²) in [4.78, 5) is 40.5. The number of methoxy groups -OCH3 is 1. The van der Waals surface area contributed by atoms with Gasteiger partial charge in [-0.2, -0.15) is 0 Å². The van der Waals surface area contributed by atoms with E-state index in [1.54, 1.807) is 48.2 Å². The fourth-order valence-electron chi connectivity index (χ4n) is 5.02. The molecule has 2 atom stereocenters. The predicted octanol–water partition coefficient (Wildman–Crippen LogP) is 5.49. The van der Waals surface area contributed by atoms with Crippen molar-refractivity contribution in [1.29, 1.82) is 0 Å². The van der Waals surface area contributed by atoms with Gasteiger partial charge in [0.25, 0.3) is 0 Å².